The lowest BCUT2D eigenvalue weighted by Gasteiger charge is -2.27. The van der Waals surface area contributed by atoms with E-state index >= 15 is 0 Å². The number of ether oxygens (including phenoxy) is 2. The molecule has 3 nitrogen and oxygen atoms in total. The highest BCUT2D eigenvalue weighted by molar-refractivity contribution is 5.98. The lowest BCUT2D eigenvalue weighted by molar-refractivity contribution is -0.0149. The van der Waals surface area contributed by atoms with E-state index in [9.17, 15) is 9.18 Å². The van der Waals surface area contributed by atoms with Gasteiger partial charge in [-0.25, -0.2) is 4.39 Å². The highest BCUT2D eigenvalue weighted by Gasteiger charge is 2.38. The lowest BCUT2D eigenvalue weighted by atomic mass is 9.88. The lowest BCUT2D eigenvalue weighted by Crippen LogP contribution is -2.30. The van der Waals surface area contributed by atoms with Crippen LogP contribution in [0.5, 0.6) is 5.75 Å². The number of Topliss-reactive ketones (excluding diaryl/α,β-unsaturated/α-hetero) is 1. The number of ketones is 1. The van der Waals surface area contributed by atoms with Gasteiger partial charge in [0.1, 0.15) is 11.6 Å². The second kappa shape index (κ2) is 4.93. The molecule has 2 aliphatic heterocycles. The van der Waals surface area contributed by atoms with Gasteiger partial charge in [0.2, 0.25) is 0 Å². The van der Waals surface area contributed by atoms with Crippen molar-refractivity contribution in [3.63, 3.8) is 0 Å². The van der Waals surface area contributed by atoms with Crippen LogP contribution < -0.4 is 4.74 Å². The molecule has 0 saturated carbocycles. The van der Waals surface area contributed by atoms with Gasteiger partial charge in [0.25, 0.3) is 0 Å². The molecule has 1 aromatic rings. The molecular formula is C15H17FO3. The Morgan fingerprint density at radius 2 is 1.95 bits per heavy atom. The van der Waals surface area contributed by atoms with E-state index in [0.29, 0.717) is 11.3 Å². The third-order valence-electron chi connectivity index (χ3n) is 4.05. The zero-order valence-corrected chi connectivity index (χ0v) is 10.9. The van der Waals surface area contributed by atoms with E-state index in [1.54, 1.807) is 6.07 Å². The van der Waals surface area contributed by atoms with Crippen molar-refractivity contribution in [2.24, 2.45) is 5.92 Å². The molecule has 2 fully saturated rings. The molecule has 0 aromatic heterocycles. The van der Waals surface area contributed by atoms with Crippen LogP contribution in [-0.4, -0.2) is 25.1 Å². The number of benzene rings is 1. The quantitative estimate of drug-likeness (QED) is 0.787. The molecule has 0 spiro atoms. The Bertz CT molecular complexity index is 488. The highest BCUT2D eigenvalue weighted by atomic mass is 19.1. The molecule has 2 unspecified atom stereocenters. The number of hydrogen-bond acceptors (Lipinski definition) is 3. The fraction of sp³-hybridized carbons (Fsp3) is 0.533. The molecule has 0 amide bonds. The summed E-state index contributed by atoms with van der Waals surface area (Å²) < 4.78 is 24.2. The first-order valence-electron chi connectivity index (χ1n) is 6.70. The van der Waals surface area contributed by atoms with Crippen LogP contribution in [-0.2, 0) is 4.74 Å². The molecule has 2 saturated heterocycles. The monoisotopic (exact) mass is 264 g/mol. The Labute approximate surface area is 111 Å². The zero-order valence-electron chi connectivity index (χ0n) is 10.9. The summed E-state index contributed by atoms with van der Waals surface area (Å²) >= 11 is 0. The average molecular weight is 264 g/mol. The van der Waals surface area contributed by atoms with E-state index in [0.717, 1.165) is 25.7 Å². The van der Waals surface area contributed by atoms with E-state index in [1.165, 1.54) is 19.2 Å². The Kier molecular flexibility index (Phi) is 3.27. The van der Waals surface area contributed by atoms with Crippen LogP contribution in [0, 0.1) is 11.7 Å². The van der Waals surface area contributed by atoms with Gasteiger partial charge in [-0.1, -0.05) is 0 Å². The van der Waals surface area contributed by atoms with Gasteiger partial charge < -0.3 is 9.47 Å². The Morgan fingerprint density at radius 1 is 1.26 bits per heavy atom. The van der Waals surface area contributed by atoms with Gasteiger partial charge in [-0.3, -0.25) is 4.79 Å². The van der Waals surface area contributed by atoms with Crippen molar-refractivity contribution in [2.45, 2.75) is 37.9 Å². The average Bonchev–Trinajstić information content (AvgIpc) is 2.75. The van der Waals surface area contributed by atoms with Crippen molar-refractivity contribution in [3.05, 3.63) is 29.6 Å². The molecular weight excluding hydrogens is 247 g/mol. The predicted octanol–water partition coefficient (Wildman–Crippen LogP) is 2.97. The van der Waals surface area contributed by atoms with Crippen LogP contribution >= 0.6 is 0 Å². The number of hydrogen-bond donors (Lipinski definition) is 0. The first-order chi connectivity index (χ1) is 9.15. The summed E-state index contributed by atoms with van der Waals surface area (Å²) in [6.07, 6.45) is 4.02. The zero-order chi connectivity index (χ0) is 13.4. The van der Waals surface area contributed by atoms with Gasteiger partial charge in [0, 0.05) is 17.5 Å². The second-order valence-electron chi connectivity index (χ2n) is 5.37. The summed E-state index contributed by atoms with van der Waals surface area (Å²) in [5.41, 5.74) is 0.406. The van der Waals surface area contributed by atoms with Crippen LogP contribution in [0.3, 0.4) is 0 Å². The highest BCUT2D eigenvalue weighted by Crippen LogP contribution is 2.37. The summed E-state index contributed by atoms with van der Waals surface area (Å²) in [5.74, 6) is -0.0770. The summed E-state index contributed by atoms with van der Waals surface area (Å²) in [6.45, 7) is 0. The minimum Gasteiger partial charge on any atom is -0.497 e. The third-order valence-corrected chi connectivity index (χ3v) is 4.05. The molecule has 2 atom stereocenters. The molecule has 0 N–H and O–H groups in total. The first kappa shape index (κ1) is 12.6. The van der Waals surface area contributed by atoms with Crippen LogP contribution in [0.4, 0.5) is 4.39 Å². The summed E-state index contributed by atoms with van der Waals surface area (Å²) in [4.78, 5) is 12.5. The number of fused-ring (bicyclic) bond motifs is 2. The van der Waals surface area contributed by atoms with Crippen molar-refractivity contribution in [3.8, 4) is 5.75 Å². The van der Waals surface area contributed by atoms with E-state index < -0.39 is 5.82 Å². The summed E-state index contributed by atoms with van der Waals surface area (Å²) in [6, 6.07) is 4.19. The van der Waals surface area contributed by atoms with Crippen LogP contribution in [0.15, 0.2) is 18.2 Å². The normalized spacial score (nSPS) is 29.3. The number of carbonyl (C=O) groups is 1. The fourth-order valence-corrected chi connectivity index (χ4v) is 3.13. The van der Waals surface area contributed by atoms with Gasteiger partial charge in [0.05, 0.1) is 19.3 Å². The van der Waals surface area contributed by atoms with Gasteiger partial charge in [-0.05, 0) is 37.8 Å². The number of halogens is 1. The Morgan fingerprint density at radius 3 is 2.58 bits per heavy atom. The largest absolute Gasteiger partial charge is 0.497 e. The molecule has 3 rings (SSSR count). The van der Waals surface area contributed by atoms with E-state index in [2.05, 4.69) is 0 Å². The topological polar surface area (TPSA) is 35.5 Å². The molecule has 102 valence electrons. The minimum absolute atomic E-state index is 0.0120. The maximum atomic E-state index is 13.5. The van der Waals surface area contributed by atoms with E-state index in [4.69, 9.17) is 9.47 Å². The van der Waals surface area contributed by atoms with Crippen molar-refractivity contribution in [1.29, 1.82) is 0 Å². The Hall–Kier alpha value is -1.42. The van der Waals surface area contributed by atoms with Crippen molar-refractivity contribution in [1.82, 2.24) is 0 Å². The SMILES string of the molecule is COc1cc(F)cc(C(=O)C2CC3CCC(C2)O3)c1. The van der Waals surface area contributed by atoms with Crippen LogP contribution in [0.2, 0.25) is 0 Å². The molecule has 1 aromatic carbocycles. The van der Waals surface area contributed by atoms with E-state index in [-0.39, 0.29) is 23.9 Å². The van der Waals surface area contributed by atoms with E-state index in [1.807, 2.05) is 0 Å². The molecule has 19 heavy (non-hydrogen) atoms. The maximum absolute atomic E-state index is 13.5. The summed E-state index contributed by atoms with van der Waals surface area (Å²) in [5, 5.41) is 0. The number of methoxy groups -OCH3 is 1. The molecule has 4 heteroatoms. The Balaban J connectivity index is 1.81. The molecule has 2 aliphatic rings. The van der Waals surface area contributed by atoms with Crippen LogP contribution in [0.25, 0.3) is 0 Å². The molecule has 2 heterocycles. The molecule has 0 radical (unpaired) electrons. The first-order valence-corrected chi connectivity index (χ1v) is 6.70. The predicted molar refractivity (Wildman–Crippen MR) is 67.9 cm³/mol. The third kappa shape index (κ3) is 2.50. The standard InChI is InChI=1S/C15H17FO3/c1-18-14-7-9(4-11(16)8-14)15(17)10-5-12-2-3-13(6-10)19-12/h4,7-8,10,12-13H,2-3,5-6H2,1H3. The summed E-state index contributed by atoms with van der Waals surface area (Å²) in [7, 11) is 1.47. The van der Waals surface area contributed by atoms with Crippen molar-refractivity contribution < 1.29 is 18.7 Å². The number of rotatable bonds is 3. The van der Waals surface area contributed by atoms with Gasteiger partial charge in [0.15, 0.2) is 5.78 Å². The maximum Gasteiger partial charge on any atom is 0.166 e. The fourth-order valence-electron chi connectivity index (χ4n) is 3.13. The smallest absolute Gasteiger partial charge is 0.166 e. The van der Waals surface area contributed by atoms with Crippen LogP contribution in [0.1, 0.15) is 36.0 Å². The number of carbonyl (C=O) groups excluding carboxylic acids is 1. The minimum atomic E-state index is -0.433. The second-order valence-corrected chi connectivity index (χ2v) is 5.37. The molecule has 0 aliphatic carbocycles. The van der Waals surface area contributed by atoms with Gasteiger partial charge >= 0.3 is 0 Å². The molecule has 2 bridgehead atoms. The van der Waals surface area contributed by atoms with Crippen molar-refractivity contribution >= 4 is 5.78 Å². The van der Waals surface area contributed by atoms with Gasteiger partial charge in [-0.15, -0.1) is 0 Å². The van der Waals surface area contributed by atoms with Crippen molar-refractivity contribution in [2.75, 3.05) is 7.11 Å². The van der Waals surface area contributed by atoms with Gasteiger partial charge in [-0.2, -0.15) is 0 Å².